The molecule has 2 fully saturated rings. The number of amides is 3. The third kappa shape index (κ3) is 6.90. The van der Waals surface area contributed by atoms with Crippen molar-refractivity contribution < 1.29 is 46.6 Å². The number of likely N-dealkylation sites (tertiary alicyclic amines) is 1. The highest BCUT2D eigenvalue weighted by molar-refractivity contribution is 6.04. The Bertz CT molecular complexity index is 1830. The summed E-state index contributed by atoms with van der Waals surface area (Å²) in [6.07, 6.45) is -2.65. The van der Waals surface area contributed by atoms with E-state index in [1.165, 1.54) is 15.8 Å². The number of rotatable bonds is 7. The van der Waals surface area contributed by atoms with Gasteiger partial charge >= 0.3 is 12.3 Å². The summed E-state index contributed by atoms with van der Waals surface area (Å²) in [6, 6.07) is 11.7. The molecule has 2 aromatic carbocycles. The molecule has 1 aliphatic carbocycles. The van der Waals surface area contributed by atoms with Crippen LogP contribution in [0.1, 0.15) is 39.4 Å². The Morgan fingerprint density at radius 1 is 1.09 bits per heavy atom. The average molecular weight is 643 g/mol. The first-order chi connectivity index (χ1) is 21.7. The summed E-state index contributed by atoms with van der Waals surface area (Å²) in [7, 11) is 0. The van der Waals surface area contributed by atoms with Crippen LogP contribution in [0.5, 0.6) is 5.75 Å². The average Bonchev–Trinajstić information content (AvgIpc) is 3.50. The van der Waals surface area contributed by atoms with Crippen LogP contribution in [-0.4, -0.2) is 66.9 Å². The quantitative estimate of drug-likeness (QED) is 0.255. The molecule has 240 valence electrons. The minimum absolute atomic E-state index is 0.0234. The minimum Gasteiger partial charge on any atom is -0.478 e. The molecule has 3 heterocycles. The number of carbonyl (C=O) groups excluding carboxylic acids is 3. The second kappa shape index (κ2) is 12.5. The number of carboxylic acids is 1. The minimum atomic E-state index is -5.11. The number of hydrogen-bond donors (Lipinski definition) is 3. The van der Waals surface area contributed by atoms with Gasteiger partial charge in [-0.2, -0.15) is 5.10 Å². The number of aryl methyl sites for hydroxylation is 1. The maximum atomic E-state index is 14.5. The second-order valence-electron chi connectivity index (χ2n) is 10.7. The number of pyridine rings is 1. The van der Waals surface area contributed by atoms with E-state index in [0.717, 1.165) is 18.2 Å². The van der Waals surface area contributed by atoms with Gasteiger partial charge in [0.25, 0.3) is 5.91 Å². The van der Waals surface area contributed by atoms with Crippen molar-refractivity contribution in [1.29, 1.82) is 0 Å². The Kier molecular flexibility index (Phi) is 8.63. The fraction of sp³-hybridized carbons (Fsp3) is 0.267. The van der Waals surface area contributed by atoms with Crippen LogP contribution in [0.25, 0.3) is 10.9 Å². The summed E-state index contributed by atoms with van der Waals surface area (Å²) < 4.78 is 57.1. The summed E-state index contributed by atoms with van der Waals surface area (Å²) in [5.74, 6) is -5.28. The number of hydrogen-bond acceptors (Lipinski definition) is 7. The van der Waals surface area contributed by atoms with Crippen LogP contribution in [0.4, 0.5) is 23.2 Å². The van der Waals surface area contributed by atoms with E-state index in [0.29, 0.717) is 35.0 Å². The molecule has 1 saturated heterocycles. The highest BCUT2D eigenvalue weighted by Crippen LogP contribution is 2.48. The van der Waals surface area contributed by atoms with Gasteiger partial charge in [-0.1, -0.05) is 24.3 Å². The van der Waals surface area contributed by atoms with Crippen molar-refractivity contribution in [2.45, 2.75) is 44.8 Å². The molecule has 6 rings (SSSR count). The number of fused-ring (bicyclic) bond motifs is 2. The second-order valence-corrected chi connectivity index (χ2v) is 10.7. The van der Waals surface area contributed by atoms with Crippen molar-refractivity contribution in [3.8, 4) is 5.75 Å². The van der Waals surface area contributed by atoms with Gasteiger partial charge in [-0.15, -0.1) is 13.2 Å². The van der Waals surface area contributed by atoms with Crippen molar-refractivity contribution in [3.63, 3.8) is 0 Å². The summed E-state index contributed by atoms with van der Waals surface area (Å²) in [5.41, 5.74) is 6.26. The predicted molar refractivity (Wildman–Crippen MR) is 153 cm³/mol. The number of carboxylic acid groups (broad SMARTS) is 1. The first kappa shape index (κ1) is 31.9. The van der Waals surface area contributed by atoms with E-state index in [9.17, 15) is 36.7 Å². The topological polar surface area (TPSA) is 170 Å². The molecule has 1 saturated carbocycles. The van der Waals surface area contributed by atoms with Crippen molar-refractivity contribution in [2.24, 2.45) is 11.7 Å². The molecule has 0 bridgehead atoms. The zero-order valence-corrected chi connectivity index (χ0v) is 24.0. The summed E-state index contributed by atoms with van der Waals surface area (Å²) >= 11 is 0. The molecule has 2 aromatic heterocycles. The zero-order chi connectivity index (χ0) is 33.3. The van der Waals surface area contributed by atoms with E-state index < -0.39 is 53.3 Å². The van der Waals surface area contributed by atoms with Gasteiger partial charge in [-0.05, 0) is 56.0 Å². The van der Waals surface area contributed by atoms with Gasteiger partial charge in [-0.3, -0.25) is 24.0 Å². The lowest BCUT2D eigenvalue weighted by Crippen LogP contribution is -2.46. The van der Waals surface area contributed by atoms with Crippen molar-refractivity contribution in [3.05, 3.63) is 83.6 Å². The summed E-state index contributed by atoms with van der Waals surface area (Å²) in [6.45, 7) is 1.41. The zero-order valence-electron chi connectivity index (χ0n) is 24.0. The molecule has 3 atom stereocenters. The molecule has 12 nitrogen and oxygen atoms in total. The van der Waals surface area contributed by atoms with E-state index in [-0.39, 0.29) is 24.2 Å². The van der Waals surface area contributed by atoms with Gasteiger partial charge < -0.3 is 25.8 Å². The standard InChI is InChI=1S/C23H20F4N6O4.C7H6O2/c1-10-5-12-16(8-29-10)32(31-20(12)21(28)35)9-18(34)33-14-6-11(14)7-15(33)22(36)30-13-3-2-4-17(19(13)24)37-23(25,26)27;8-7(9)6-4-2-1-3-5-6/h2-5,8,11,14-15H,6-7,9H2,1H3,(H2,28,35)(H,30,36);1-5H,(H,8,9)/t11-,14-,15+;/m1./s1. The van der Waals surface area contributed by atoms with E-state index in [1.54, 1.807) is 43.3 Å². The molecular weight excluding hydrogens is 616 g/mol. The molecule has 0 spiro atoms. The SMILES string of the molecule is Cc1cc2c(C(N)=O)nn(CC(=O)N3[C@@H]4C[C@@H]4C[C@H]3C(=O)Nc3cccc(OC(F)(F)F)c3F)c2cn1.O=C(O)c1ccccc1. The first-order valence-corrected chi connectivity index (χ1v) is 13.8. The number of primary amides is 1. The Labute approximate surface area is 257 Å². The number of halogens is 4. The highest BCUT2D eigenvalue weighted by Gasteiger charge is 2.56. The number of anilines is 1. The number of ether oxygens (including phenoxy) is 1. The number of piperidine rings is 1. The Balaban J connectivity index is 0.000000400. The van der Waals surface area contributed by atoms with Crippen molar-refractivity contribution in [2.75, 3.05) is 5.32 Å². The molecule has 0 radical (unpaired) electrons. The largest absolute Gasteiger partial charge is 0.573 e. The summed E-state index contributed by atoms with van der Waals surface area (Å²) in [5, 5.41) is 15.3. The number of nitrogens with one attached hydrogen (secondary N) is 1. The van der Waals surface area contributed by atoms with Crippen molar-refractivity contribution in [1.82, 2.24) is 19.7 Å². The normalized spacial score (nSPS) is 18.3. The smallest absolute Gasteiger partial charge is 0.478 e. The van der Waals surface area contributed by atoms with Crippen LogP contribution in [0.15, 0.2) is 60.8 Å². The lowest BCUT2D eigenvalue weighted by atomic mass is 10.1. The molecule has 1 aliphatic heterocycles. The predicted octanol–water partition coefficient (Wildman–Crippen LogP) is 3.89. The highest BCUT2D eigenvalue weighted by atomic mass is 19.4. The van der Waals surface area contributed by atoms with Gasteiger partial charge in [0.1, 0.15) is 12.6 Å². The number of carbonyl (C=O) groups is 4. The number of aromatic nitrogens is 3. The first-order valence-electron chi connectivity index (χ1n) is 13.8. The van der Waals surface area contributed by atoms with E-state index >= 15 is 0 Å². The molecule has 3 amide bonds. The van der Waals surface area contributed by atoms with Gasteiger partial charge in [0.2, 0.25) is 11.8 Å². The van der Waals surface area contributed by atoms with Gasteiger partial charge in [0.05, 0.1) is 23.0 Å². The van der Waals surface area contributed by atoms with Gasteiger partial charge in [0.15, 0.2) is 17.3 Å². The third-order valence-corrected chi connectivity index (χ3v) is 7.45. The molecule has 4 N–H and O–H groups in total. The fourth-order valence-electron chi connectivity index (χ4n) is 5.35. The fourth-order valence-corrected chi connectivity index (χ4v) is 5.35. The number of aromatic carboxylic acids is 1. The molecule has 16 heteroatoms. The molecular formula is C30H26F4N6O6. The van der Waals surface area contributed by atoms with Gasteiger partial charge in [-0.25, -0.2) is 9.18 Å². The maximum absolute atomic E-state index is 14.5. The van der Waals surface area contributed by atoms with E-state index in [1.807, 2.05) is 0 Å². The van der Waals surface area contributed by atoms with Crippen molar-refractivity contribution >= 4 is 40.3 Å². The Morgan fingerprint density at radius 2 is 1.80 bits per heavy atom. The lowest BCUT2D eigenvalue weighted by molar-refractivity contribution is -0.275. The number of nitrogens with zero attached hydrogens (tertiary/aromatic N) is 4. The van der Waals surface area contributed by atoms with Crippen LogP contribution in [0.2, 0.25) is 0 Å². The Morgan fingerprint density at radius 3 is 2.43 bits per heavy atom. The van der Waals surface area contributed by atoms with Crippen LogP contribution < -0.4 is 15.8 Å². The number of nitrogens with two attached hydrogens (primary N) is 1. The monoisotopic (exact) mass is 642 g/mol. The number of benzene rings is 2. The van der Waals surface area contributed by atoms with Crippen LogP contribution in [-0.2, 0) is 16.1 Å². The van der Waals surface area contributed by atoms with E-state index in [2.05, 4.69) is 20.1 Å². The Hall–Kier alpha value is -5.54. The molecule has 0 unspecified atom stereocenters. The van der Waals surface area contributed by atoms with Crippen LogP contribution in [0, 0.1) is 18.7 Å². The van der Waals surface area contributed by atoms with Crippen LogP contribution >= 0.6 is 0 Å². The molecule has 46 heavy (non-hydrogen) atoms. The molecule has 4 aromatic rings. The van der Waals surface area contributed by atoms with Crippen LogP contribution in [0.3, 0.4) is 0 Å². The summed E-state index contributed by atoms with van der Waals surface area (Å²) in [4.78, 5) is 53.9. The van der Waals surface area contributed by atoms with Gasteiger partial charge in [0, 0.05) is 17.1 Å². The lowest BCUT2D eigenvalue weighted by Gasteiger charge is -2.27. The maximum Gasteiger partial charge on any atom is 0.573 e. The third-order valence-electron chi connectivity index (χ3n) is 7.45. The van der Waals surface area contributed by atoms with E-state index in [4.69, 9.17) is 10.8 Å². The number of alkyl halides is 3. The molecule has 2 aliphatic rings.